The maximum Gasteiger partial charge on any atom is 0.234 e. The van der Waals surface area contributed by atoms with Crippen molar-refractivity contribution < 1.29 is 0 Å². The lowest BCUT2D eigenvalue weighted by Gasteiger charge is -1.92. The molecule has 0 unspecified atom stereocenters. The fourth-order valence-electron chi connectivity index (χ4n) is 1.39. The predicted octanol–water partition coefficient (Wildman–Crippen LogP) is 2.31. The second-order valence-electron chi connectivity index (χ2n) is 3.31. The zero-order chi connectivity index (χ0) is 10.7. The van der Waals surface area contributed by atoms with Crippen molar-refractivity contribution in [2.24, 2.45) is 0 Å². The van der Waals surface area contributed by atoms with Crippen molar-refractivity contribution in [2.45, 2.75) is 32.6 Å². The third kappa shape index (κ3) is 2.29. The minimum atomic E-state index is 0.726. The summed E-state index contributed by atoms with van der Waals surface area (Å²) in [5.41, 5.74) is 0. The number of aryl methyl sites for hydroxylation is 2. The first kappa shape index (κ1) is 10.8. The van der Waals surface area contributed by atoms with Crippen molar-refractivity contribution in [2.75, 3.05) is 5.88 Å². The second kappa shape index (κ2) is 4.90. The van der Waals surface area contributed by atoms with Gasteiger partial charge in [-0.1, -0.05) is 18.3 Å². The van der Waals surface area contributed by atoms with Gasteiger partial charge in [-0.25, -0.2) is 0 Å². The molecule has 0 radical (unpaired) electrons. The Morgan fingerprint density at radius 1 is 1.33 bits per heavy atom. The van der Waals surface area contributed by atoms with Gasteiger partial charge in [-0.15, -0.1) is 21.8 Å². The van der Waals surface area contributed by atoms with Gasteiger partial charge in [0, 0.05) is 18.7 Å². The second-order valence-corrected chi connectivity index (χ2v) is 4.72. The molecule has 2 aromatic heterocycles. The highest BCUT2D eigenvalue weighted by atomic mass is 35.5. The maximum absolute atomic E-state index is 5.63. The van der Waals surface area contributed by atoms with Gasteiger partial charge in [0.1, 0.15) is 5.01 Å². The summed E-state index contributed by atoms with van der Waals surface area (Å²) in [6.07, 6.45) is 3.99. The summed E-state index contributed by atoms with van der Waals surface area (Å²) in [5.74, 6) is 1.66. The molecule has 15 heavy (non-hydrogen) atoms. The van der Waals surface area contributed by atoms with E-state index in [9.17, 15) is 0 Å². The number of alkyl halides is 1. The molecule has 0 aliphatic rings. The lowest BCUT2D eigenvalue weighted by atomic mass is 10.3. The standard InChI is InChI=1S/C9H13ClN4S/c1-2-7-11-12-9-14(7)13-8(15-9)5-3-4-6-10/h2-6H2,1H3. The summed E-state index contributed by atoms with van der Waals surface area (Å²) in [7, 11) is 0. The topological polar surface area (TPSA) is 43.1 Å². The average molecular weight is 245 g/mol. The van der Waals surface area contributed by atoms with E-state index in [-0.39, 0.29) is 0 Å². The Bertz CT molecular complexity index is 436. The van der Waals surface area contributed by atoms with Crippen LogP contribution in [0.5, 0.6) is 0 Å². The molecule has 0 aliphatic carbocycles. The van der Waals surface area contributed by atoms with Gasteiger partial charge in [-0.2, -0.15) is 9.61 Å². The number of rotatable bonds is 5. The summed E-state index contributed by atoms with van der Waals surface area (Å²) in [6, 6.07) is 0. The Labute approximate surface area is 97.3 Å². The summed E-state index contributed by atoms with van der Waals surface area (Å²) in [5, 5.41) is 13.7. The van der Waals surface area contributed by atoms with Crippen LogP contribution in [0.2, 0.25) is 0 Å². The van der Waals surface area contributed by atoms with Gasteiger partial charge in [-0.05, 0) is 12.8 Å². The first-order chi connectivity index (χ1) is 7.35. The highest BCUT2D eigenvalue weighted by Crippen LogP contribution is 2.16. The third-order valence-corrected chi connectivity index (χ3v) is 3.41. The average Bonchev–Trinajstić information content (AvgIpc) is 2.77. The molecule has 82 valence electrons. The Balaban J connectivity index is 2.13. The number of halogens is 1. The molecular weight excluding hydrogens is 232 g/mol. The lowest BCUT2D eigenvalue weighted by molar-refractivity contribution is 0.756. The van der Waals surface area contributed by atoms with Gasteiger partial charge in [0.15, 0.2) is 5.82 Å². The van der Waals surface area contributed by atoms with Crippen molar-refractivity contribution in [1.82, 2.24) is 19.8 Å². The molecule has 0 fully saturated rings. The first-order valence-corrected chi connectivity index (χ1v) is 6.46. The van der Waals surface area contributed by atoms with E-state index in [1.165, 1.54) is 0 Å². The molecule has 0 atom stereocenters. The van der Waals surface area contributed by atoms with Gasteiger partial charge in [0.25, 0.3) is 0 Å². The first-order valence-electron chi connectivity index (χ1n) is 5.11. The Morgan fingerprint density at radius 3 is 2.93 bits per heavy atom. The molecule has 0 N–H and O–H groups in total. The quantitative estimate of drug-likeness (QED) is 0.599. The van der Waals surface area contributed by atoms with Gasteiger partial charge < -0.3 is 0 Å². The zero-order valence-corrected chi connectivity index (χ0v) is 10.2. The van der Waals surface area contributed by atoms with Gasteiger partial charge in [0.05, 0.1) is 0 Å². The third-order valence-electron chi connectivity index (χ3n) is 2.19. The highest BCUT2D eigenvalue weighted by Gasteiger charge is 2.09. The summed E-state index contributed by atoms with van der Waals surface area (Å²) >= 11 is 7.25. The Kier molecular flexibility index (Phi) is 3.53. The van der Waals surface area contributed by atoms with Crippen molar-refractivity contribution in [3.8, 4) is 0 Å². The van der Waals surface area contributed by atoms with Crippen LogP contribution >= 0.6 is 22.9 Å². The Hall–Kier alpha value is -0.680. The van der Waals surface area contributed by atoms with E-state index in [0.717, 1.165) is 47.4 Å². The molecule has 2 heterocycles. The maximum atomic E-state index is 5.63. The molecule has 0 bridgehead atoms. The minimum absolute atomic E-state index is 0.726. The molecule has 0 amide bonds. The summed E-state index contributed by atoms with van der Waals surface area (Å²) in [4.78, 5) is 0.896. The van der Waals surface area contributed by atoms with E-state index < -0.39 is 0 Å². The van der Waals surface area contributed by atoms with Crippen molar-refractivity contribution >= 4 is 27.9 Å². The number of aromatic nitrogens is 4. The van der Waals surface area contributed by atoms with E-state index in [2.05, 4.69) is 22.2 Å². The largest absolute Gasteiger partial charge is 0.234 e. The number of fused-ring (bicyclic) bond motifs is 1. The van der Waals surface area contributed by atoms with Crippen molar-refractivity contribution in [3.05, 3.63) is 10.8 Å². The lowest BCUT2D eigenvalue weighted by Crippen LogP contribution is -1.95. The minimum Gasteiger partial charge on any atom is -0.187 e. The molecule has 0 spiro atoms. The van der Waals surface area contributed by atoms with Crippen LogP contribution in [0.25, 0.3) is 4.96 Å². The van der Waals surface area contributed by atoms with Crippen molar-refractivity contribution in [1.29, 1.82) is 0 Å². The SMILES string of the molecule is CCc1nnc2sc(CCCCCl)nn12. The van der Waals surface area contributed by atoms with Gasteiger partial charge in [0.2, 0.25) is 4.96 Å². The van der Waals surface area contributed by atoms with Crippen LogP contribution in [0.3, 0.4) is 0 Å². The smallest absolute Gasteiger partial charge is 0.187 e. The number of hydrogen-bond donors (Lipinski definition) is 0. The van der Waals surface area contributed by atoms with Gasteiger partial charge >= 0.3 is 0 Å². The molecule has 4 nitrogen and oxygen atoms in total. The van der Waals surface area contributed by atoms with Crippen LogP contribution < -0.4 is 0 Å². The molecule has 2 aromatic rings. The highest BCUT2D eigenvalue weighted by molar-refractivity contribution is 7.16. The molecule has 0 aromatic carbocycles. The molecular formula is C9H13ClN4S. The van der Waals surface area contributed by atoms with E-state index in [0.29, 0.717) is 0 Å². The Morgan fingerprint density at radius 2 is 2.20 bits per heavy atom. The fourth-order valence-corrected chi connectivity index (χ4v) is 2.47. The van der Waals surface area contributed by atoms with E-state index in [4.69, 9.17) is 11.6 Å². The summed E-state index contributed by atoms with van der Waals surface area (Å²) < 4.78 is 1.85. The molecule has 2 rings (SSSR count). The van der Waals surface area contributed by atoms with Crippen LogP contribution in [0.15, 0.2) is 0 Å². The predicted molar refractivity (Wildman–Crippen MR) is 61.7 cm³/mol. The number of hydrogen-bond acceptors (Lipinski definition) is 4. The molecule has 0 saturated carbocycles. The molecule has 0 saturated heterocycles. The van der Waals surface area contributed by atoms with Crippen LogP contribution in [-0.2, 0) is 12.8 Å². The fraction of sp³-hybridized carbons (Fsp3) is 0.667. The zero-order valence-electron chi connectivity index (χ0n) is 8.61. The van der Waals surface area contributed by atoms with Crippen LogP contribution in [0.4, 0.5) is 0 Å². The number of unbranched alkanes of at least 4 members (excludes halogenated alkanes) is 1. The number of nitrogens with zero attached hydrogens (tertiary/aromatic N) is 4. The van der Waals surface area contributed by atoms with Crippen LogP contribution in [-0.4, -0.2) is 25.7 Å². The van der Waals surface area contributed by atoms with Crippen LogP contribution in [0, 0.1) is 0 Å². The van der Waals surface area contributed by atoms with Crippen molar-refractivity contribution in [3.63, 3.8) is 0 Å². The summed E-state index contributed by atoms with van der Waals surface area (Å²) in [6.45, 7) is 2.06. The molecule has 6 heteroatoms. The monoisotopic (exact) mass is 244 g/mol. The van der Waals surface area contributed by atoms with E-state index in [1.807, 2.05) is 4.52 Å². The van der Waals surface area contributed by atoms with Crippen LogP contribution in [0.1, 0.15) is 30.6 Å². The molecule has 0 aliphatic heterocycles. The normalized spacial score (nSPS) is 11.3. The van der Waals surface area contributed by atoms with E-state index >= 15 is 0 Å². The van der Waals surface area contributed by atoms with E-state index in [1.54, 1.807) is 11.3 Å². The van der Waals surface area contributed by atoms with Gasteiger partial charge in [-0.3, -0.25) is 0 Å².